The van der Waals surface area contributed by atoms with Crippen LogP contribution in [0.5, 0.6) is 0 Å². The van der Waals surface area contributed by atoms with Gasteiger partial charge in [0.15, 0.2) is 6.04 Å². The number of aliphatic carboxylic acids is 4. The average molecular weight is 780 g/mol. The number of amides is 5. The van der Waals surface area contributed by atoms with E-state index in [4.69, 9.17) is 5.11 Å². The molecule has 286 valence electrons. The van der Waals surface area contributed by atoms with Gasteiger partial charge in [0.05, 0.1) is 23.1 Å². The number of hydrogen-bond acceptors (Lipinski definition) is 13. The first-order valence-corrected chi connectivity index (χ1v) is 17.6. The SMILES string of the molecule is CC(=O)N[C@@H](CC(=O)O)C(=O)N[C@@H](CCC(=O)O)C(=O)N[C@H](C(=O)N[C@@H](CC(=O)O)C(=O)Nc1ccc2nc(C3=N[C@@H](C(=O)O)CS3)sc2c1)C(C)C. The molecule has 0 saturated heterocycles. The smallest absolute Gasteiger partial charge is 0.329 e. The quantitative estimate of drug-likeness (QED) is 0.0877. The maximum absolute atomic E-state index is 13.4. The molecule has 2 aromatic rings. The summed E-state index contributed by atoms with van der Waals surface area (Å²) >= 11 is 2.44. The molecule has 5 atom stereocenters. The third-order valence-electron chi connectivity index (χ3n) is 7.39. The second kappa shape index (κ2) is 18.7. The fraction of sp³-hybridized carbons (Fsp3) is 0.452. The number of benzene rings is 1. The lowest BCUT2D eigenvalue weighted by atomic mass is 10.0. The van der Waals surface area contributed by atoms with Crippen molar-refractivity contribution in [2.75, 3.05) is 11.1 Å². The van der Waals surface area contributed by atoms with Crippen LogP contribution in [-0.4, -0.2) is 120 Å². The predicted octanol–water partition coefficient (Wildman–Crippen LogP) is -0.389. The van der Waals surface area contributed by atoms with E-state index in [9.17, 15) is 58.5 Å². The maximum atomic E-state index is 13.4. The molecule has 1 aliphatic rings. The van der Waals surface area contributed by atoms with Crippen LogP contribution in [0.2, 0.25) is 0 Å². The van der Waals surface area contributed by atoms with Crippen molar-refractivity contribution >= 4 is 97.5 Å². The molecule has 1 aromatic heterocycles. The lowest BCUT2D eigenvalue weighted by Gasteiger charge is -2.27. The summed E-state index contributed by atoms with van der Waals surface area (Å²) < 4.78 is 0.595. The molecule has 1 aromatic carbocycles. The second-order valence-electron chi connectivity index (χ2n) is 12.0. The van der Waals surface area contributed by atoms with Gasteiger partial charge in [-0.25, -0.2) is 9.78 Å². The van der Waals surface area contributed by atoms with Crippen LogP contribution in [0, 0.1) is 5.92 Å². The lowest BCUT2D eigenvalue weighted by Crippen LogP contribution is -2.59. The highest BCUT2D eigenvalue weighted by atomic mass is 32.2. The Kier molecular flexibility index (Phi) is 14.8. The van der Waals surface area contributed by atoms with Crippen LogP contribution in [0.25, 0.3) is 10.2 Å². The number of carbonyl (C=O) groups excluding carboxylic acids is 5. The van der Waals surface area contributed by atoms with E-state index in [1.165, 1.54) is 43.0 Å². The number of anilines is 1. The van der Waals surface area contributed by atoms with Crippen LogP contribution in [0.4, 0.5) is 5.69 Å². The number of thiazole rings is 1. The van der Waals surface area contributed by atoms with E-state index in [-0.39, 0.29) is 11.4 Å². The van der Waals surface area contributed by atoms with Gasteiger partial charge >= 0.3 is 23.9 Å². The molecule has 1 aliphatic heterocycles. The molecule has 0 aliphatic carbocycles. The first kappa shape index (κ1) is 41.8. The number of carboxylic acid groups (broad SMARTS) is 4. The van der Waals surface area contributed by atoms with Gasteiger partial charge in [0.2, 0.25) is 29.5 Å². The first-order valence-electron chi connectivity index (χ1n) is 15.8. The number of fused-ring (bicyclic) bond motifs is 1. The largest absolute Gasteiger partial charge is 0.481 e. The molecule has 0 fully saturated rings. The van der Waals surface area contributed by atoms with Crippen LogP contribution >= 0.6 is 23.1 Å². The summed E-state index contributed by atoms with van der Waals surface area (Å²) in [6, 6.07) is -2.59. The Morgan fingerprint density at radius 3 is 1.94 bits per heavy atom. The van der Waals surface area contributed by atoms with Gasteiger partial charge in [0, 0.05) is 24.8 Å². The number of rotatable bonds is 19. The van der Waals surface area contributed by atoms with Gasteiger partial charge in [0.1, 0.15) is 34.2 Å². The molecule has 0 radical (unpaired) electrons. The molecule has 2 heterocycles. The van der Waals surface area contributed by atoms with Crippen molar-refractivity contribution in [3.8, 4) is 0 Å². The molecular formula is C31H37N7O13S2. The Balaban J connectivity index is 1.76. The van der Waals surface area contributed by atoms with Gasteiger partial charge in [-0.3, -0.25) is 43.3 Å². The molecule has 3 rings (SSSR count). The maximum Gasteiger partial charge on any atom is 0.329 e. The van der Waals surface area contributed by atoms with Crippen molar-refractivity contribution in [1.82, 2.24) is 26.3 Å². The Labute approximate surface area is 308 Å². The van der Waals surface area contributed by atoms with Crippen molar-refractivity contribution in [3.63, 3.8) is 0 Å². The van der Waals surface area contributed by atoms with Crippen molar-refractivity contribution < 1.29 is 63.6 Å². The molecule has 0 saturated carbocycles. The van der Waals surface area contributed by atoms with E-state index in [1.807, 2.05) is 0 Å². The van der Waals surface area contributed by atoms with Crippen LogP contribution in [-0.2, 0) is 43.2 Å². The number of aromatic nitrogens is 1. The molecule has 0 unspecified atom stereocenters. The fourth-order valence-electron chi connectivity index (χ4n) is 4.81. The van der Waals surface area contributed by atoms with E-state index in [0.717, 1.165) is 6.92 Å². The molecule has 53 heavy (non-hydrogen) atoms. The van der Waals surface area contributed by atoms with E-state index in [2.05, 4.69) is 36.6 Å². The summed E-state index contributed by atoms with van der Waals surface area (Å²) in [5, 5.41) is 49.6. The van der Waals surface area contributed by atoms with Crippen LogP contribution in [0.3, 0.4) is 0 Å². The topological polar surface area (TPSA) is 320 Å². The van der Waals surface area contributed by atoms with Crippen LogP contribution in [0.15, 0.2) is 23.2 Å². The van der Waals surface area contributed by atoms with Gasteiger partial charge in [-0.2, -0.15) is 0 Å². The predicted molar refractivity (Wildman–Crippen MR) is 188 cm³/mol. The highest BCUT2D eigenvalue weighted by molar-refractivity contribution is 8.15. The van der Waals surface area contributed by atoms with Crippen LogP contribution in [0.1, 0.15) is 51.5 Å². The van der Waals surface area contributed by atoms with E-state index >= 15 is 0 Å². The number of thioether (sulfide) groups is 1. The summed E-state index contributed by atoms with van der Waals surface area (Å²) in [7, 11) is 0. The Bertz CT molecular complexity index is 1810. The van der Waals surface area contributed by atoms with E-state index < -0.39 is 115 Å². The molecular weight excluding hydrogens is 743 g/mol. The zero-order chi connectivity index (χ0) is 39.6. The summed E-state index contributed by atoms with van der Waals surface area (Å²) in [4.78, 5) is 119. The van der Waals surface area contributed by atoms with Crippen molar-refractivity contribution in [2.45, 2.75) is 76.7 Å². The minimum atomic E-state index is -1.65. The highest BCUT2D eigenvalue weighted by Gasteiger charge is 2.34. The fourth-order valence-corrected chi connectivity index (χ4v) is 6.92. The van der Waals surface area contributed by atoms with Gasteiger partial charge in [0.25, 0.3) is 0 Å². The zero-order valence-electron chi connectivity index (χ0n) is 28.4. The molecule has 0 bridgehead atoms. The van der Waals surface area contributed by atoms with Gasteiger partial charge in [-0.05, 0) is 30.5 Å². The standard InChI is InChI=1S/C31H37N7O13S2/c1-12(2)24(38-25(46)16(6-7-21(40)41)34-27(48)17(9-22(42)43)32-13(3)39)28(49)35-18(10-23(44)45)26(47)33-14-4-5-15-20(8-14)53-30(36-15)29-37-19(11-52-29)31(50)51/h4-5,8,12,16-19,24H,6-7,9-11H2,1-3H3,(H,32,39)(H,33,47)(H,34,48)(H,35,49)(H,38,46)(H,40,41)(H,42,43)(H,44,45)(H,50,51)/t16-,17-,18-,19+,24-/m0/s1. The van der Waals surface area contributed by atoms with Crippen molar-refractivity contribution in [3.05, 3.63) is 23.2 Å². The Hall–Kier alpha value is -5.64. The first-order chi connectivity index (χ1) is 24.8. The average Bonchev–Trinajstić information content (AvgIpc) is 3.71. The number of aliphatic imine (C=N–C) groups is 1. The molecule has 9 N–H and O–H groups in total. The lowest BCUT2D eigenvalue weighted by molar-refractivity contribution is -0.142. The second-order valence-corrected chi connectivity index (χ2v) is 14.1. The number of nitrogens with one attached hydrogen (secondary N) is 5. The third kappa shape index (κ3) is 12.5. The number of carbonyl (C=O) groups is 9. The normalized spacial score (nSPS) is 16.0. The van der Waals surface area contributed by atoms with Crippen molar-refractivity contribution in [1.29, 1.82) is 0 Å². The number of nitrogens with zero attached hydrogens (tertiary/aromatic N) is 2. The Morgan fingerprint density at radius 2 is 1.40 bits per heavy atom. The highest BCUT2D eigenvalue weighted by Crippen LogP contribution is 2.31. The number of hydrogen-bond donors (Lipinski definition) is 9. The van der Waals surface area contributed by atoms with E-state index in [1.54, 1.807) is 12.1 Å². The molecule has 20 nitrogen and oxygen atoms in total. The zero-order valence-corrected chi connectivity index (χ0v) is 30.0. The monoisotopic (exact) mass is 779 g/mol. The minimum absolute atomic E-state index is 0.220. The van der Waals surface area contributed by atoms with Crippen LogP contribution < -0.4 is 26.6 Å². The van der Waals surface area contributed by atoms with E-state index in [0.29, 0.717) is 20.3 Å². The van der Waals surface area contributed by atoms with Gasteiger partial charge < -0.3 is 47.0 Å². The number of carboxylic acids is 4. The summed E-state index contributed by atoms with van der Waals surface area (Å²) in [6.07, 6.45) is -2.85. The molecule has 5 amide bonds. The summed E-state index contributed by atoms with van der Waals surface area (Å²) in [6.45, 7) is 4.05. The summed E-state index contributed by atoms with van der Waals surface area (Å²) in [5.41, 5.74) is 0.749. The summed E-state index contributed by atoms with van der Waals surface area (Å²) in [5.74, 6) is -10.6. The van der Waals surface area contributed by atoms with Gasteiger partial charge in [-0.15, -0.1) is 23.1 Å². The third-order valence-corrected chi connectivity index (χ3v) is 9.59. The van der Waals surface area contributed by atoms with Gasteiger partial charge in [-0.1, -0.05) is 13.8 Å². The Morgan fingerprint density at radius 1 is 0.792 bits per heavy atom. The molecule has 0 spiro atoms. The minimum Gasteiger partial charge on any atom is -0.481 e. The van der Waals surface area contributed by atoms with Crippen molar-refractivity contribution in [2.24, 2.45) is 10.9 Å². The molecule has 22 heteroatoms.